The van der Waals surface area contributed by atoms with Crippen LogP contribution in [0, 0.1) is 6.92 Å². The van der Waals surface area contributed by atoms with Crippen molar-refractivity contribution in [3.63, 3.8) is 0 Å². The van der Waals surface area contributed by atoms with Gasteiger partial charge in [-0.15, -0.1) is 0 Å². The summed E-state index contributed by atoms with van der Waals surface area (Å²) in [5, 5.41) is 4.49. The fraction of sp³-hybridized carbons (Fsp3) is 0.385. The number of hydrogen-bond acceptors (Lipinski definition) is 6. The fourth-order valence-corrected chi connectivity index (χ4v) is 4.91. The predicted molar refractivity (Wildman–Crippen MR) is 138 cm³/mol. The number of benzene rings is 1. The molecule has 0 spiro atoms. The first-order valence-corrected chi connectivity index (χ1v) is 12.4. The molecule has 1 aliphatic heterocycles. The average molecular weight is 513 g/mol. The summed E-state index contributed by atoms with van der Waals surface area (Å²) in [5.74, 6) is -2.04. The van der Waals surface area contributed by atoms with Crippen molar-refractivity contribution < 1.29 is 13.6 Å². The zero-order valence-electron chi connectivity index (χ0n) is 20.4. The van der Waals surface area contributed by atoms with Gasteiger partial charge in [0.15, 0.2) is 6.29 Å². The molecule has 0 bridgehead atoms. The van der Waals surface area contributed by atoms with Crippen LogP contribution in [0.5, 0.6) is 0 Å². The lowest BCUT2D eigenvalue weighted by atomic mass is 10.0. The molecule has 36 heavy (non-hydrogen) atoms. The van der Waals surface area contributed by atoms with Crippen LogP contribution in [0.1, 0.15) is 60.0 Å². The van der Waals surface area contributed by atoms with Crippen LogP contribution in [0.25, 0.3) is 16.6 Å². The number of pyridine rings is 1. The molecule has 1 aliphatic rings. The Hall–Kier alpha value is -3.33. The molecular weight excluding hydrogens is 486 g/mol. The number of aldehydes is 1. The van der Waals surface area contributed by atoms with E-state index in [4.69, 9.17) is 21.6 Å². The van der Waals surface area contributed by atoms with E-state index in [0.29, 0.717) is 17.9 Å². The molecule has 1 N–H and O–H groups in total. The molecule has 0 saturated carbocycles. The number of fused-ring (bicyclic) bond motifs is 3. The number of anilines is 2. The van der Waals surface area contributed by atoms with Gasteiger partial charge in [0.05, 0.1) is 22.9 Å². The summed E-state index contributed by atoms with van der Waals surface area (Å²) in [6.07, 6.45) is 2.94. The molecule has 1 aromatic carbocycles. The molecule has 188 valence electrons. The van der Waals surface area contributed by atoms with Crippen LogP contribution in [-0.4, -0.2) is 44.7 Å². The molecule has 5 rings (SSSR count). The number of halogens is 3. The van der Waals surface area contributed by atoms with E-state index in [1.165, 1.54) is 0 Å². The maximum absolute atomic E-state index is 13.9. The molecule has 0 radical (unpaired) electrons. The molecule has 0 amide bonds. The minimum Gasteiger partial charge on any atom is -0.377 e. The molecule has 1 unspecified atom stereocenters. The van der Waals surface area contributed by atoms with E-state index in [-0.39, 0.29) is 42.8 Å². The summed E-state index contributed by atoms with van der Waals surface area (Å²) < 4.78 is 29.8. The summed E-state index contributed by atoms with van der Waals surface area (Å²) >= 11 is 5.96. The Labute approximate surface area is 212 Å². The van der Waals surface area contributed by atoms with Crippen molar-refractivity contribution in [2.24, 2.45) is 0 Å². The Morgan fingerprint density at radius 2 is 1.94 bits per heavy atom. The molecule has 7 nitrogen and oxygen atoms in total. The van der Waals surface area contributed by atoms with E-state index >= 15 is 0 Å². The number of rotatable bonds is 6. The van der Waals surface area contributed by atoms with Gasteiger partial charge >= 0.3 is 0 Å². The Morgan fingerprint density at radius 1 is 1.19 bits per heavy atom. The van der Waals surface area contributed by atoms with E-state index in [1.54, 1.807) is 12.1 Å². The molecule has 1 fully saturated rings. The number of aryl methyl sites for hydroxylation is 2. The van der Waals surface area contributed by atoms with E-state index in [0.717, 1.165) is 39.8 Å². The van der Waals surface area contributed by atoms with Gasteiger partial charge in [0.25, 0.3) is 5.92 Å². The maximum Gasteiger partial charge on any atom is 0.251 e. The number of nitrogens with one attached hydrogen (secondary N) is 1. The van der Waals surface area contributed by atoms with Crippen LogP contribution < -0.4 is 10.2 Å². The summed E-state index contributed by atoms with van der Waals surface area (Å²) in [4.78, 5) is 27.5. The first-order chi connectivity index (χ1) is 17.2. The van der Waals surface area contributed by atoms with Gasteiger partial charge in [0, 0.05) is 43.1 Å². The predicted octanol–water partition coefficient (Wildman–Crippen LogP) is 6.02. The third-order valence-electron chi connectivity index (χ3n) is 6.69. The average Bonchev–Trinajstić information content (AvgIpc) is 3.29. The Kier molecular flexibility index (Phi) is 6.28. The van der Waals surface area contributed by atoms with Crippen molar-refractivity contribution in [2.75, 3.05) is 23.3 Å². The number of imidazole rings is 1. The SMILES string of the molecule is CCc1cn2c(N3CCC(F)(F)CC3)nc3c(C(C)Nc4ccc(Cl)nc4C=O)cc(C)cc3c2n1. The topological polar surface area (TPSA) is 75.4 Å². The van der Waals surface area contributed by atoms with Crippen LogP contribution in [0.2, 0.25) is 5.15 Å². The second kappa shape index (κ2) is 9.28. The highest BCUT2D eigenvalue weighted by molar-refractivity contribution is 6.29. The van der Waals surface area contributed by atoms with Crippen molar-refractivity contribution in [2.45, 2.75) is 52.0 Å². The number of aromatic nitrogens is 4. The molecular formula is C26H27ClF2N6O. The van der Waals surface area contributed by atoms with Crippen molar-refractivity contribution >= 4 is 46.1 Å². The van der Waals surface area contributed by atoms with E-state index in [2.05, 4.69) is 16.4 Å². The Morgan fingerprint density at radius 3 is 2.64 bits per heavy atom. The van der Waals surface area contributed by atoms with Crippen molar-refractivity contribution in [3.8, 4) is 0 Å². The van der Waals surface area contributed by atoms with Gasteiger partial charge in [0.2, 0.25) is 5.95 Å². The lowest BCUT2D eigenvalue weighted by Crippen LogP contribution is -2.40. The first kappa shape index (κ1) is 24.4. The molecule has 1 atom stereocenters. The maximum atomic E-state index is 13.9. The van der Waals surface area contributed by atoms with Gasteiger partial charge in [-0.05, 0) is 44.0 Å². The normalized spacial score (nSPS) is 16.4. The molecule has 4 aromatic rings. The highest BCUT2D eigenvalue weighted by atomic mass is 35.5. The number of carbonyl (C=O) groups is 1. The standard InChI is InChI=1S/C26H27ClF2N6O/c1-4-17-13-35-24(31-17)19-12-15(2)11-18(16(3)30-20-5-6-22(27)32-21(20)14-36)23(19)33-25(35)34-9-7-26(28,29)8-10-34/h5-6,11-14,16,30H,4,7-10H2,1-3H3. The number of hydrogen-bond donors (Lipinski definition) is 1. The van der Waals surface area contributed by atoms with E-state index in [9.17, 15) is 13.6 Å². The summed E-state index contributed by atoms with van der Waals surface area (Å²) in [6.45, 7) is 6.46. The minimum absolute atomic E-state index is 0.208. The molecule has 10 heteroatoms. The number of nitrogens with zero attached hydrogens (tertiary/aromatic N) is 5. The van der Waals surface area contributed by atoms with Gasteiger partial charge < -0.3 is 10.2 Å². The summed E-state index contributed by atoms with van der Waals surface area (Å²) in [7, 11) is 0. The summed E-state index contributed by atoms with van der Waals surface area (Å²) in [6, 6.07) is 7.20. The van der Waals surface area contributed by atoms with Gasteiger partial charge in [-0.3, -0.25) is 9.20 Å². The highest BCUT2D eigenvalue weighted by Crippen LogP contribution is 2.35. The fourth-order valence-electron chi connectivity index (χ4n) is 4.76. The minimum atomic E-state index is -2.65. The third-order valence-corrected chi connectivity index (χ3v) is 6.90. The Balaban J connectivity index is 1.66. The van der Waals surface area contributed by atoms with E-state index in [1.807, 2.05) is 42.3 Å². The molecule has 4 heterocycles. The number of alkyl halides is 2. The van der Waals surface area contributed by atoms with Crippen LogP contribution in [-0.2, 0) is 6.42 Å². The quantitative estimate of drug-likeness (QED) is 0.251. The lowest BCUT2D eigenvalue weighted by molar-refractivity contribution is -0.0222. The van der Waals surface area contributed by atoms with Crippen LogP contribution in [0.15, 0.2) is 30.5 Å². The summed E-state index contributed by atoms with van der Waals surface area (Å²) in [5.41, 5.74) is 5.12. The highest BCUT2D eigenvalue weighted by Gasteiger charge is 2.35. The lowest BCUT2D eigenvalue weighted by Gasteiger charge is -2.33. The molecule has 0 aliphatic carbocycles. The van der Waals surface area contributed by atoms with Crippen molar-refractivity contribution in [3.05, 3.63) is 58.1 Å². The van der Waals surface area contributed by atoms with E-state index < -0.39 is 5.92 Å². The number of piperidine rings is 1. The monoisotopic (exact) mass is 512 g/mol. The Bertz CT molecular complexity index is 1460. The largest absolute Gasteiger partial charge is 0.377 e. The smallest absolute Gasteiger partial charge is 0.251 e. The first-order valence-electron chi connectivity index (χ1n) is 12.0. The van der Waals surface area contributed by atoms with Crippen LogP contribution in [0.4, 0.5) is 20.4 Å². The van der Waals surface area contributed by atoms with Gasteiger partial charge in [-0.2, -0.15) is 0 Å². The van der Waals surface area contributed by atoms with Gasteiger partial charge in [0.1, 0.15) is 16.5 Å². The number of carbonyl (C=O) groups excluding carboxylic acids is 1. The third kappa shape index (κ3) is 4.48. The van der Waals surface area contributed by atoms with Gasteiger partial charge in [-0.25, -0.2) is 23.7 Å². The second-order valence-corrected chi connectivity index (χ2v) is 9.72. The zero-order valence-corrected chi connectivity index (χ0v) is 21.1. The molecule has 3 aromatic heterocycles. The molecule has 1 saturated heterocycles. The van der Waals surface area contributed by atoms with Crippen molar-refractivity contribution in [1.29, 1.82) is 0 Å². The van der Waals surface area contributed by atoms with Gasteiger partial charge in [-0.1, -0.05) is 24.6 Å². The van der Waals surface area contributed by atoms with Crippen molar-refractivity contribution in [1.82, 2.24) is 19.4 Å². The van der Waals surface area contributed by atoms with Crippen LogP contribution >= 0.6 is 11.6 Å². The second-order valence-electron chi connectivity index (χ2n) is 9.34. The zero-order chi connectivity index (χ0) is 25.6. The van der Waals surface area contributed by atoms with Crippen LogP contribution in [0.3, 0.4) is 0 Å².